The molecule has 0 aliphatic carbocycles. The summed E-state index contributed by atoms with van der Waals surface area (Å²) in [7, 11) is 0. The Morgan fingerprint density at radius 1 is 1.11 bits per heavy atom. The Bertz CT molecular complexity index is 1070. The van der Waals surface area contributed by atoms with Crippen molar-refractivity contribution in [3.05, 3.63) is 83.6 Å². The highest BCUT2D eigenvalue weighted by Gasteiger charge is 2.16. The summed E-state index contributed by atoms with van der Waals surface area (Å²) in [6, 6.07) is 13.6. The van der Waals surface area contributed by atoms with Gasteiger partial charge in [0.25, 0.3) is 5.91 Å². The molecule has 0 radical (unpaired) electrons. The maximum absolute atomic E-state index is 13.1. The number of hydrogen-bond donors (Lipinski definition) is 1. The molecule has 0 aliphatic heterocycles. The van der Waals surface area contributed by atoms with Crippen LogP contribution in [0.25, 0.3) is 16.3 Å². The fourth-order valence-electron chi connectivity index (χ4n) is 2.64. The third kappa shape index (κ3) is 3.63. The van der Waals surface area contributed by atoms with Gasteiger partial charge in [0.15, 0.2) is 0 Å². The molecule has 1 N–H and O–H groups in total. The SMILES string of the molecule is Cc1nc(-c2ccc(F)cc2)sc1C(=O)Nc1ccc(-n2ccnc2)cc1. The molecule has 2 heterocycles. The molecule has 0 fully saturated rings. The molecule has 0 bridgehead atoms. The third-order valence-corrected chi connectivity index (χ3v) is 5.23. The van der Waals surface area contributed by atoms with Gasteiger partial charge >= 0.3 is 0 Å². The molecule has 0 unspecified atom stereocenters. The van der Waals surface area contributed by atoms with Crippen LogP contribution >= 0.6 is 11.3 Å². The van der Waals surface area contributed by atoms with Crippen molar-refractivity contribution in [1.82, 2.24) is 14.5 Å². The van der Waals surface area contributed by atoms with Crippen LogP contribution in [0.4, 0.5) is 10.1 Å². The highest BCUT2D eigenvalue weighted by Crippen LogP contribution is 2.28. The fourth-order valence-corrected chi connectivity index (χ4v) is 3.61. The lowest BCUT2D eigenvalue weighted by Crippen LogP contribution is -2.11. The minimum atomic E-state index is -0.302. The summed E-state index contributed by atoms with van der Waals surface area (Å²) in [5.41, 5.74) is 3.08. The fraction of sp³-hybridized carbons (Fsp3) is 0.0500. The number of anilines is 1. The zero-order valence-corrected chi connectivity index (χ0v) is 15.2. The van der Waals surface area contributed by atoms with Gasteiger partial charge in [0.1, 0.15) is 15.7 Å². The van der Waals surface area contributed by atoms with E-state index in [4.69, 9.17) is 0 Å². The van der Waals surface area contributed by atoms with E-state index in [0.29, 0.717) is 21.3 Å². The van der Waals surface area contributed by atoms with Gasteiger partial charge in [-0.3, -0.25) is 4.79 Å². The second kappa shape index (κ2) is 7.13. The summed E-state index contributed by atoms with van der Waals surface area (Å²) in [5, 5.41) is 3.58. The number of benzene rings is 2. The third-order valence-electron chi connectivity index (χ3n) is 4.02. The van der Waals surface area contributed by atoms with Crippen LogP contribution in [0.3, 0.4) is 0 Å². The van der Waals surface area contributed by atoms with Crippen LogP contribution in [0.5, 0.6) is 0 Å². The monoisotopic (exact) mass is 378 g/mol. The number of thiazole rings is 1. The molecule has 2 aromatic carbocycles. The average molecular weight is 378 g/mol. The lowest BCUT2D eigenvalue weighted by atomic mass is 10.2. The van der Waals surface area contributed by atoms with E-state index in [9.17, 15) is 9.18 Å². The molecule has 27 heavy (non-hydrogen) atoms. The zero-order valence-electron chi connectivity index (χ0n) is 14.4. The molecular weight excluding hydrogens is 363 g/mol. The highest BCUT2D eigenvalue weighted by molar-refractivity contribution is 7.17. The minimum Gasteiger partial charge on any atom is -0.321 e. The van der Waals surface area contributed by atoms with Gasteiger partial charge in [0.05, 0.1) is 12.0 Å². The standard InChI is InChI=1S/C20H15FN4OS/c1-13-18(27-20(23-13)14-2-4-15(21)5-3-14)19(26)24-16-6-8-17(9-7-16)25-11-10-22-12-25/h2-12H,1H3,(H,24,26). The van der Waals surface area contributed by atoms with Gasteiger partial charge < -0.3 is 9.88 Å². The van der Waals surface area contributed by atoms with E-state index in [1.54, 1.807) is 31.6 Å². The Labute approximate surface area is 159 Å². The predicted molar refractivity (Wildman–Crippen MR) is 104 cm³/mol. The van der Waals surface area contributed by atoms with Crippen LogP contribution in [0.1, 0.15) is 15.4 Å². The lowest BCUT2D eigenvalue weighted by Gasteiger charge is -2.06. The number of imidazole rings is 1. The van der Waals surface area contributed by atoms with Crippen molar-refractivity contribution < 1.29 is 9.18 Å². The molecule has 134 valence electrons. The smallest absolute Gasteiger partial charge is 0.267 e. The van der Waals surface area contributed by atoms with Crippen molar-refractivity contribution in [2.75, 3.05) is 5.32 Å². The van der Waals surface area contributed by atoms with Gasteiger partial charge in [-0.25, -0.2) is 14.4 Å². The Morgan fingerprint density at radius 2 is 1.85 bits per heavy atom. The van der Waals surface area contributed by atoms with Crippen molar-refractivity contribution in [2.24, 2.45) is 0 Å². The molecule has 0 saturated carbocycles. The summed E-state index contributed by atoms with van der Waals surface area (Å²) in [6.45, 7) is 1.79. The quantitative estimate of drug-likeness (QED) is 0.560. The summed E-state index contributed by atoms with van der Waals surface area (Å²) < 4.78 is 15.0. The number of halogens is 1. The van der Waals surface area contributed by atoms with Crippen molar-refractivity contribution >= 4 is 22.9 Å². The molecule has 1 amide bonds. The zero-order chi connectivity index (χ0) is 18.8. The van der Waals surface area contributed by atoms with Crippen LogP contribution < -0.4 is 5.32 Å². The topological polar surface area (TPSA) is 59.8 Å². The highest BCUT2D eigenvalue weighted by atomic mass is 32.1. The van der Waals surface area contributed by atoms with Crippen LogP contribution in [0.2, 0.25) is 0 Å². The van der Waals surface area contributed by atoms with Gasteiger partial charge in [0, 0.05) is 29.3 Å². The molecule has 2 aromatic heterocycles. The molecule has 0 spiro atoms. The van der Waals surface area contributed by atoms with Crippen LogP contribution in [-0.4, -0.2) is 20.4 Å². The summed E-state index contributed by atoms with van der Waals surface area (Å²) in [5.74, 6) is -0.516. The van der Waals surface area contributed by atoms with Crippen LogP contribution in [-0.2, 0) is 0 Å². The number of carbonyl (C=O) groups excluding carboxylic acids is 1. The molecule has 5 nitrogen and oxygen atoms in total. The maximum atomic E-state index is 13.1. The van der Waals surface area contributed by atoms with Gasteiger partial charge in [-0.15, -0.1) is 11.3 Å². The number of hydrogen-bond acceptors (Lipinski definition) is 4. The van der Waals surface area contributed by atoms with Gasteiger partial charge in [0.2, 0.25) is 0 Å². The number of amides is 1. The first-order valence-corrected chi connectivity index (χ1v) is 9.05. The van der Waals surface area contributed by atoms with Crippen molar-refractivity contribution in [3.8, 4) is 16.3 Å². The van der Waals surface area contributed by atoms with E-state index < -0.39 is 0 Å². The van der Waals surface area contributed by atoms with Crippen molar-refractivity contribution in [1.29, 1.82) is 0 Å². The Morgan fingerprint density at radius 3 is 2.52 bits per heavy atom. The molecule has 7 heteroatoms. The maximum Gasteiger partial charge on any atom is 0.267 e. The van der Waals surface area contributed by atoms with E-state index in [1.807, 2.05) is 35.0 Å². The summed E-state index contributed by atoms with van der Waals surface area (Å²) in [6.07, 6.45) is 5.28. The number of carbonyl (C=O) groups is 1. The van der Waals surface area contributed by atoms with Crippen molar-refractivity contribution in [3.63, 3.8) is 0 Å². The van der Waals surface area contributed by atoms with Gasteiger partial charge in [-0.05, 0) is 55.5 Å². The van der Waals surface area contributed by atoms with E-state index in [2.05, 4.69) is 15.3 Å². The number of nitrogens with zero attached hydrogens (tertiary/aromatic N) is 3. The molecular formula is C20H15FN4OS. The number of rotatable bonds is 4. The van der Waals surface area contributed by atoms with E-state index >= 15 is 0 Å². The number of aromatic nitrogens is 3. The van der Waals surface area contributed by atoms with E-state index in [-0.39, 0.29) is 11.7 Å². The molecule has 0 saturated heterocycles. The first-order valence-electron chi connectivity index (χ1n) is 8.23. The molecule has 0 aliphatic rings. The first-order chi connectivity index (χ1) is 13.1. The Balaban J connectivity index is 1.52. The van der Waals surface area contributed by atoms with Gasteiger partial charge in [-0.2, -0.15) is 0 Å². The van der Waals surface area contributed by atoms with Crippen LogP contribution in [0, 0.1) is 12.7 Å². The average Bonchev–Trinajstić information content (AvgIpc) is 3.33. The molecule has 4 aromatic rings. The Kier molecular flexibility index (Phi) is 4.52. The second-order valence-electron chi connectivity index (χ2n) is 5.91. The predicted octanol–water partition coefficient (Wildman–Crippen LogP) is 4.70. The van der Waals surface area contributed by atoms with Gasteiger partial charge in [-0.1, -0.05) is 0 Å². The Hall–Kier alpha value is -3.32. The lowest BCUT2D eigenvalue weighted by molar-refractivity contribution is 0.103. The summed E-state index contributed by atoms with van der Waals surface area (Å²) in [4.78, 5) is 21.6. The van der Waals surface area contributed by atoms with E-state index in [0.717, 1.165) is 11.3 Å². The van der Waals surface area contributed by atoms with E-state index in [1.165, 1.54) is 23.5 Å². The molecule has 0 atom stereocenters. The number of aryl methyl sites for hydroxylation is 1. The second-order valence-corrected chi connectivity index (χ2v) is 6.91. The molecule has 4 rings (SSSR count). The minimum absolute atomic E-state index is 0.214. The first kappa shape index (κ1) is 17.1. The van der Waals surface area contributed by atoms with Crippen LogP contribution in [0.15, 0.2) is 67.3 Å². The normalized spacial score (nSPS) is 10.7. The van der Waals surface area contributed by atoms with Crippen molar-refractivity contribution in [2.45, 2.75) is 6.92 Å². The largest absolute Gasteiger partial charge is 0.321 e. The summed E-state index contributed by atoms with van der Waals surface area (Å²) >= 11 is 1.29. The number of nitrogens with one attached hydrogen (secondary N) is 1.